The van der Waals surface area contributed by atoms with Gasteiger partial charge in [-0.3, -0.25) is 9.48 Å². The number of aromatic amines is 1. The maximum absolute atomic E-state index is 14.4. The lowest BCUT2D eigenvalue weighted by Crippen LogP contribution is -2.43. The van der Waals surface area contributed by atoms with Crippen molar-refractivity contribution in [3.63, 3.8) is 0 Å². The van der Waals surface area contributed by atoms with Crippen LogP contribution in [0.15, 0.2) is 34.0 Å². The van der Waals surface area contributed by atoms with E-state index in [1.165, 1.54) is 18.5 Å². The molecular formula is C17H19F2N5O3S. The van der Waals surface area contributed by atoms with Gasteiger partial charge >= 0.3 is 5.69 Å². The average Bonchev–Trinajstić information content (AvgIpc) is 3.06. The number of fused-ring (bicyclic) bond motifs is 1. The van der Waals surface area contributed by atoms with Crippen LogP contribution in [0, 0.1) is 0 Å². The summed E-state index contributed by atoms with van der Waals surface area (Å²) in [7, 11) is 0. The molecule has 0 saturated carbocycles. The summed E-state index contributed by atoms with van der Waals surface area (Å²) in [5, 5.41) is 4.16. The summed E-state index contributed by atoms with van der Waals surface area (Å²) in [5.41, 5.74) is -1.54. The first-order valence-electron chi connectivity index (χ1n) is 8.36. The quantitative estimate of drug-likeness (QED) is 0.625. The van der Waals surface area contributed by atoms with Crippen molar-refractivity contribution >= 4 is 22.3 Å². The number of H-pyrrole nitrogens is 1. The van der Waals surface area contributed by atoms with Crippen LogP contribution < -0.4 is 16.1 Å². The third-order valence-electron chi connectivity index (χ3n) is 4.16. The van der Waals surface area contributed by atoms with Crippen LogP contribution in [0.3, 0.4) is 0 Å². The number of nitrogens with zero attached hydrogens (tertiary/aromatic N) is 3. The van der Waals surface area contributed by atoms with Gasteiger partial charge in [0.05, 0.1) is 28.0 Å². The van der Waals surface area contributed by atoms with Gasteiger partial charge in [0.25, 0.3) is 11.5 Å². The lowest BCUT2D eigenvalue weighted by molar-refractivity contribution is 0.0181. The fraction of sp³-hybridized carbons (Fsp3) is 0.353. The second-order valence-corrected chi connectivity index (χ2v) is 7.79. The molecule has 0 aliphatic rings. The van der Waals surface area contributed by atoms with Gasteiger partial charge in [-0.2, -0.15) is 5.10 Å². The highest BCUT2D eigenvalue weighted by molar-refractivity contribution is 7.91. The molecule has 8 nitrogen and oxygen atoms in total. The number of alkyl halides is 2. The van der Waals surface area contributed by atoms with Gasteiger partial charge in [-0.1, -0.05) is 0 Å². The number of rotatable bonds is 5. The monoisotopic (exact) mass is 411 g/mol. The minimum absolute atomic E-state index is 0.00273. The lowest BCUT2D eigenvalue weighted by Gasteiger charge is -2.19. The number of halogens is 2. The van der Waals surface area contributed by atoms with Crippen molar-refractivity contribution < 1.29 is 13.3 Å². The minimum Gasteiger partial charge on any atom is -0.592 e. The Balaban J connectivity index is 2.40. The Kier molecular flexibility index (Phi) is 5.06. The van der Waals surface area contributed by atoms with Gasteiger partial charge < -0.3 is 9.54 Å². The van der Waals surface area contributed by atoms with E-state index in [0.29, 0.717) is 10.4 Å². The van der Waals surface area contributed by atoms with E-state index in [9.17, 15) is 22.9 Å². The smallest absolute Gasteiger partial charge is 0.351 e. The fourth-order valence-electron chi connectivity index (χ4n) is 2.99. The van der Waals surface area contributed by atoms with Crippen molar-refractivity contribution in [3.8, 4) is 11.3 Å². The molecule has 0 fully saturated rings. The second-order valence-electron chi connectivity index (χ2n) is 6.70. The van der Waals surface area contributed by atoms with Crippen LogP contribution in [0.5, 0.6) is 0 Å². The standard InChI is InChI=1S/C17H19F2N5O3S/c1-9(2)23-14(5-6-20-23)10-7-11-13(8-12(10)17(3,18)19)21-16(26)24(15(11)25)22-28(4)27/h5-9,22H,1-4H3,(H,21,26). The van der Waals surface area contributed by atoms with E-state index in [0.717, 1.165) is 13.0 Å². The Morgan fingerprint density at radius 3 is 2.57 bits per heavy atom. The number of hydrogen-bond acceptors (Lipinski definition) is 5. The maximum Gasteiger partial charge on any atom is 0.351 e. The van der Waals surface area contributed by atoms with Gasteiger partial charge in [-0.15, -0.1) is 9.51 Å². The number of nitrogens with one attached hydrogen (secondary N) is 2. The summed E-state index contributed by atoms with van der Waals surface area (Å²) >= 11 is -1.68. The van der Waals surface area contributed by atoms with E-state index in [1.807, 2.05) is 13.8 Å². The predicted octanol–water partition coefficient (Wildman–Crippen LogP) is 2.08. The van der Waals surface area contributed by atoms with Gasteiger partial charge in [-0.25, -0.2) is 13.6 Å². The molecule has 1 unspecified atom stereocenters. The first-order valence-corrected chi connectivity index (χ1v) is 9.92. The second kappa shape index (κ2) is 7.06. The molecule has 1 atom stereocenters. The number of hydrogen-bond donors (Lipinski definition) is 2. The van der Waals surface area contributed by atoms with Crippen molar-refractivity contribution in [1.29, 1.82) is 0 Å². The Bertz CT molecular complexity index is 1140. The zero-order valence-electron chi connectivity index (χ0n) is 15.6. The summed E-state index contributed by atoms with van der Waals surface area (Å²) in [4.78, 5) is 29.4. The Morgan fingerprint density at radius 2 is 2.00 bits per heavy atom. The molecule has 0 bridgehead atoms. The summed E-state index contributed by atoms with van der Waals surface area (Å²) in [6.07, 6.45) is 2.74. The molecule has 2 aromatic heterocycles. The third kappa shape index (κ3) is 3.54. The first-order chi connectivity index (χ1) is 13.0. The molecule has 1 aromatic carbocycles. The van der Waals surface area contributed by atoms with Crippen molar-refractivity contribution in [3.05, 3.63) is 50.8 Å². The van der Waals surface area contributed by atoms with Gasteiger partial charge in [0, 0.05) is 30.3 Å². The molecule has 0 radical (unpaired) electrons. The molecule has 0 spiro atoms. The summed E-state index contributed by atoms with van der Waals surface area (Å²) in [5.74, 6) is -3.23. The van der Waals surface area contributed by atoms with Crippen LogP contribution in [-0.2, 0) is 17.3 Å². The molecule has 0 aliphatic carbocycles. The Hall–Kier alpha value is -2.66. The van der Waals surface area contributed by atoms with Gasteiger partial charge in [-0.05, 0) is 32.0 Å². The highest BCUT2D eigenvalue weighted by Gasteiger charge is 2.30. The zero-order valence-corrected chi connectivity index (χ0v) is 16.4. The molecule has 150 valence electrons. The molecule has 2 heterocycles. The van der Waals surface area contributed by atoms with E-state index in [-0.39, 0.29) is 28.1 Å². The normalized spacial score (nSPS) is 13.3. The minimum atomic E-state index is -3.23. The lowest BCUT2D eigenvalue weighted by atomic mass is 9.97. The molecule has 0 aliphatic heterocycles. The molecule has 3 rings (SSSR count). The van der Waals surface area contributed by atoms with Crippen LogP contribution in [0.4, 0.5) is 8.78 Å². The van der Waals surface area contributed by atoms with E-state index in [4.69, 9.17) is 0 Å². The Morgan fingerprint density at radius 1 is 1.32 bits per heavy atom. The molecule has 2 N–H and O–H groups in total. The molecular weight excluding hydrogens is 392 g/mol. The summed E-state index contributed by atoms with van der Waals surface area (Å²) in [6, 6.07) is 3.88. The van der Waals surface area contributed by atoms with Crippen LogP contribution >= 0.6 is 0 Å². The van der Waals surface area contributed by atoms with E-state index in [2.05, 4.69) is 14.9 Å². The average molecular weight is 411 g/mol. The summed E-state index contributed by atoms with van der Waals surface area (Å²) in [6.45, 7) is 4.45. The molecule has 0 amide bonds. The molecule has 3 aromatic rings. The molecule has 28 heavy (non-hydrogen) atoms. The van der Waals surface area contributed by atoms with E-state index >= 15 is 0 Å². The van der Waals surface area contributed by atoms with Gasteiger partial charge in [0.15, 0.2) is 0 Å². The van der Waals surface area contributed by atoms with Crippen molar-refractivity contribution in [2.75, 3.05) is 11.1 Å². The van der Waals surface area contributed by atoms with Crippen molar-refractivity contribution in [2.45, 2.75) is 32.7 Å². The maximum atomic E-state index is 14.4. The van der Waals surface area contributed by atoms with Gasteiger partial charge in [0.2, 0.25) is 0 Å². The number of aromatic nitrogens is 4. The van der Waals surface area contributed by atoms with Crippen molar-refractivity contribution in [1.82, 2.24) is 19.4 Å². The number of benzene rings is 1. The Labute approximate surface area is 161 Å². The van der Waals surface area contributed by atoms with Crippen LogP contribution in [-0.4, -0.2) is 30.2 Å². The topological polar surface area (TPSA) is 108 Å². The molecule has 11 heteroatoms. The highest BCUT2D eigenvalue weighted by Crippen LogP contribution is 2.37. The van der Waals surface area contributed by atoms with Crippen LogP contribution in [0.25, 0.3) is 22.2 Å². The fourth-order valence-corrected chi connectivity index (χ4v) is 3.41. The van der Waals surface area contributed by atoms with Gasteiger partial charge in [0.1, 0.15) is 6.26 Å². The molecule has 0 saturated heterocycles. The van der Waals surface area contributed by atoms with E-state index in [1.54, 1.807) is 10.7 Å². The van der Waals surface area contributed by atoms with E-state index < -0.39 is 28.5 Å². The highest BCUT2D eigenvalue weighted by atomic mass is 32.2. The largest absolute Gasteiger partial charge is 0.592 e. The first kappa shape index (κ1) is 20.1. The summed E-state index contributed by atoms with van der Waals surface area (Å²) < 4.78 is 42.2. The third-order valence-corrected chi connectivity index (χ3v) is 4.60. The zero-order chi connectivity index (χ0) is 20.8. The van der Waals surface area contributed by atoms with Crippen LogP contribution in [0.1, 0.15) is 32.4 Å². The predicted molar refractivity (Wildman–Crippen MR) is 103 cm³/mol. The SMILES string of the molecule is CC(C)n1nccc1-c1cc2c(=O)n(N[S+](C)[O-])c(=O)[nH]c2cc1C(C)(F)F. The van der Waals surface area contributed by atoms with Crippen LogP contribution in [0.2, 0.25) is 0 Å². The van der Waals surface area contributed by atoms with Crippen molar-refractivity contribution in [2.24, 2.45) is 0 Å².